The Hall–Kier alpha value is -0.340. The van der Waals surface area contributed by atoms with Crippen LogP contribution in [0.4, 0.5) is 0 Å². The van der Waals surface area contributed by atoms with Crippen molar-refractivity contribution in [2.75, 3.05) is 6.61 Å². The molecule has 66 valence electrons. The van der Waals surface area contributed by atoms with Gasteiger partial charge in [0.15, 0.2) is 0 Å². The van der Waals surface area contributed by atoms with Crippen molar-refractivity contribution in [2.24, 2.45) is 11.3 Å². The Morgan fingerprint density at radius 2 is 1.91 bits per heavy atom. The van der Waals surface area contributed by atoms with Crippen LogP contribution in [0.2, 0.25) is 0 Å². The monoisotopic (exact) mass is 158 g/mol. The van der Waals surface area contributed by atoms with Gasteiger partial charge >= 0.3 is 0 Å². The van der Waals surface area contributed by atoms with Crippen LogP contribution in [0.25, 0.3) is 0 Å². The second-order valence-corrected chi connectivity index (χ2v) is 3.89. The number of hydrogen-bond donors (Lipinski definition) is 2. The van der Waals surface area contributed by atoms with E-state index in [9.17, 15) is 5.11 Å². The maximum atomic E-state index is 9.61. The van der Waals surface area contributed by atoms with E-state index < -0.39 is 6.10 Å². The summed E-state index contributed by atoms with van der Waals surface area (Å²) in [6, 6.07) is 0. The van der Waals surface area contributed by atoms with Crippen LogP contribution in [-0.2, 0) is 0 Å². The van der Waals surface area contributed by atoms with Crippen molar-refractivity contribution < 1.29 is 10.2 Å². The summed E-state index contributed by atoms with van der Waals surface area (Å²) >= 11 is 0. The van der Waals surface area contributed by atoms with Crippen molar-refractivity contribution in [1.29, 1.82) is 0 Å². The normalized spacial score (nSPS) is 17.5. The molecule has 0 heterocycles. The quantitative estimate of drug-likeness (QED) is 0.606. The summed E-state index contributed by atoms with van der Waals surface area (Å²) in [6.07, 6.45) is 1.07. The highest BCUT2D eigenvalue weighted by Crippen LogP contribution is 2.25. The number of hydrogen-bond acceptors (Lipinski definition) is 2. The number of rotatable bonds is 3. The molecule has 0 aliphatic heterocycles. The Kier molecular flexibility index (Phi) is 3.76. The van der Waals surface area contributed by atoms with Gasteiger partial charge in [-0.15, -0.1) is 6.58 Å². The number of aliphatic hydroxyl groups excluding tert-OH is 2. The summed E-state index contributed by atoms with van der Waals surface area (Å²) in [5.41, 5.74) is -0.193. The van der Waals surface area contributed by atoms with Gasteiger partial charge in [-0.1, -0.05) is 26.8 Å². The van der Waals surface area contributed by atoms with Gasteiger partial charge < -0.3 is 10.2 Å². The molecule has 0 fully saturated rings. The Balaban J connectivity index is 4.20. The maximum Gasteiger partial charge on any atom is 0.0672 e. The van der Waals surface area contributed by atoms with E-state index in [0.29, 0.717) is 0 Å². The van der Waals surface area contributed by atoms with E-state index in [1.54, 1.807) is 6.08 Å². The van der Waals surface area contributed by atoms with Crippen LogP contribution < -0.4 is 0 Å². The minimum Gasteiger partial charge on any atom is -0.396 e. The van der Waals surface area contributed by atoms with E-state index in [-0.39, 0.29) is 17.9 Å². The zero-order valence-electron chi connectivity index (χ0n) is 7.54. The highest BCUT2D eigenvalue weighted by Gasteiger charge is 2.27. The zero-order chi connectivity index (χ0) is 9.07. The maximum absolute atomic E-state index is 9.61. The fourth-order valence-corrected chi connectivity index (χ4v) is 0.946. The van der Waals surface area contributed by atoms with E-state index in [4.69, 9.17) is 5.11 Å². The van der Waals surface area contributed by atoms with Gasteiger partial charge in [-0.2, -0.15) is 0 Å². The molecule has 0 aromatic rings. The van der Waals surface area contributed by atoms with Gasteiger partial charge in [0.05, 0.1) is 12.7 Å². The molecule has 0 aromatic carbocycles. The second-order valence-electron chi connectivity index (χ2n) is 3.89. The summed E-state index contributed by atoms with van der Waals surface area (Å²) in [4.78, 5) is 0. The molecule has 0 spiro atoms. The lowest BCUT2D eigenvalue weighted by molar-refractivity contribution is 0.00869. The lowest BCUT2D eigenvalue weighted by atomic mass is 9.82. The van der Waals surface area contributed by atoms with Gasteiger partial charge in [-0.05, 0) is 5.41 Å². The first-order valence-electron chi connectivity index (χ1n) is 3.85. The van der Waals surface area contributed by atoms with Crippen LogP contribution in [0.1, 0.15) is 20.8 Å². The Morgan fingerprint density at radius 3 is 2.00 bits per heavy atom. The van der Waals surface area contributed by atoms with Crippen molar-refractivity contribution >= 4 is 0 Å². The topological polar surface area (TPSA) is 40.5 Å². The SMILES string of the molecule is C=C[C@@H](CO)C(O)C(C)(C)C. The second kappa shape index (κ2) is 3.88. The van der Waals surface area contributed by atoms with Gasteiger partial charge in [0.1, 0.15) is 0 Å². The van der Waals surface area contributed by atoms with Crippen LogP contribution in [0.15, 0.2) is 12.7 Å². The molecule has 0 saturated heterocycles. The molecule has 2 heteroatoms. The van der Waals surface area contributed by atoms with Crippen LogP contribution in [-0.4, -0.2) is 22.9 Å². The fraction of sp³-hybridized carbons (Fsp3) is 0.778. The first kappa shape index (κ1) is 10.7. The predicted molar refractivity (Wildman–Crippen MR) is 46.2 cm³/mol. The minimum atomic E-state index is -0.523. The molecule has 0 aliphatic carbocycles. The molecule has 0 bridgehead atoms. The van der Waals surface area contributed by atoms with Gasteiger partial charge in [0.2, 0.25) is 0 Å². The Morgan fingerprint density at radius 1 is 1.45 bits per heavy atom. The van der Waals surface area contributed by atoms with Crippen LogP contribution in [0.3, 0.4) is 0 Å². The fourth-order valence-electron chi connectivity index (χ4n) is 0.946. The lowest BCUT2D eigenvalue weighted by Gasteiger charge is -2.30. The molecule has 0 aliphatic rings. The third-order valence-corrected chi connectivity index (χ3v) is 1.81. The van der Waals surface area contributed by atoms with Gasteiger partial charge in [0, 0.05) is 5.92 Å². The van der Waals surface area contributed by atoms with Crippen molar-refractivity contribution in [2.45, 2.75) is 26.9 Å². The van der Waals surface area contributed by atoms with Crippen molar-refractivity contribution in [3.63, 3.8) is 0 Å². The summed E-state index contributed by atoms with van der Waals surface area (Å²) in [6.45, 7) is 9.31. The smallest absolute Gasteiger partial charge is 0.0672 e. The molecule has 0 saturated carbocycles. The summed E-state index contributed by atoms with van der Waals surface area (Å²) < 4.78 is 0. The van der Waals surface area contributed by atoms with Gasteiger partial charge in [0.25, 0.3) is 0 Å². The zero-order valence-corrected chi connectivity index (χ0v) is 7.54. The van der Waals surface area contributed by atoms with Gasteiger partial charge in [-0.3, -0.25) is 0 Å². The summed E-state index contributed by atoms with van der Waals surface area (Å²) in [7, 11) is 0. The highest BCUT2D eigenvalue weighted by atomic mass is 16.3. The van der Waals surface area contributed by atoms with Crippen LogP contribution in [0, 0.1) is 11.3 Å². The van der Waals surface area contributed by atoms with E-state index >= 15 is 0 Å². The molecule has 1 unspecified atom stereocenters. The largest absolute Gasteiger partial charge is 0.396 e. The number of aliphatic hydroxyl groups is 2. The van der Waals surface area contributed by atoms with Crippen molar-refractivity contribution in [3.8, 4) is 0 Å². The Labute approximate surface area is 68.6 Å². The summed E-state index contributed by atoms with van der Waals surface area (Å²) in [5.74, 6) is -0.213. The third-order valence-electron chi connectivity index (χ3n) is 1.81. The molecule has 0 radical (unpaired) electrons. The lowest BCUT2D eigenvalue weighted by Crippen LogP contribution is -2.34. The van der Waals surface area contributed by atoms with Gasteiger partial charge in [-0.25, -0.2) is 0 Å². The van der Waals surface area contributed by atoms with Crippen LogP contribution in [0.5, 0.6) is 0 Å². The predicted octanol–water partition coefficient (Wildman–Crippen LogP) is 1.19. The molecule has 2 N–H and O–H groups in total. The van der Waals surface area contributed by atoms with Crippen LogP contribution >= 0.6 is 0 Å². The molecular weight excluding hydrogens is 140 g/mol. The van der Waals surface area contributed by atoms with E-state index in [2.05, 4.69) is 6.58 Å². The molecule has 2 nitrogen and oxygen atoms in total. The van der Waals surface area contributed by atoms with Crippen molar-refractivity contribution in [1.82, 2.24) is 0 Å². The molecule has 0 amide bonds. The molecular formula is C9H18O2. The standard InChI is InChI=1S/C9H18O2/c1-5-7(6-10)8(11)9(2,3)4/h5,7-8,10-11H,1,6H2,2-4H3/t7-,8?/m0/s1. The molecule has 2 atom stereocenters. The minimum absolute atomic E-state index is 0.0397. The molecule has 0 aromatic heterocycles. The first-order valence-corrected chi connectivity index (χ1v) is 3.85. The highest BCUT2D eigenvalue weighted by molar-refractivity contribution is 4.89. The molecule has 11 heavy (non-hydrogen) atoms. The third kappa shape index (κ3) is 3.04. The van der Waals surface area contributed by atoms with E-state index in [1.807, 2.05) is 20.8 Å². The average Bonchev–Trinajstić information content (AvgIpc) is 1.88. The van der Waals surface area contributed by atoms with E-state index in [1.165, 1.54) is 0 Å². The van der Waals surface area contributed by atoms with E-state index in [0.717, 1.165) is 0 Å². The first-order chi connectivity index (χ1) is 4.93. The Bertz CT molecular complexity index is 124. The van der Waals surface area contributed by atoms with Crippen molar-refractivity contribution in [3.05, 3.63) is 12.7 Å². The molecule has 0 rings (SSSR count). The average molecular weight is 158 g/mol. The summed E-state index contributed by atoms with van der Waals surface area (Å²) in [5, 5.41) is 18.4.